The van der Waals surface area contributed by atoms with Crippen molar-refractivity contribution in [2.45, 2.75) is 10.6 Å². The fraction of sp³-hybridized carbons (Fsp3) is 0.292. The van der Waals surface area contributed by atoms with E-state index in [4.69, 9.17) is 30.2 Å². The third kappa shape index (κ3) is 6.80. The summed E-state index contributed by atoms with van der Waals surface area (Å²) in [5.74, 6) is 2.48. The average Bonchev–Trinajstić information content (AvgIpc) is 3.40. The number of hydrogen-bond donors (Lipinski definition) is 1. The van der Waals surface area contributed by atoms with E-state index in [-0.39, 0.29) is 27.1 Å². The van der Waals surface area contributed by atoms with Gasteiger partial charge in [-0.05, 0) is 42.5 Å². The van der Waals surface area contributed by atoms with Crippen LogP contribution in [0.1, 0.15) is 5.76 Å². The zero-order valence-electron chi connectivity index (χ0n) is 20.0. The lowest BCUT2D eigenvalue weighted by Gasteiger charge is -2.26. The molecule has 1 amide bonds. The Labute approximate surface area is 219 Å². The minimum absolute atomic E-state index is 0.0935. The van der Waals surface area contributed by atoms with Crippen LogP contribution >= 0.6 is 23.4 Å². The molecule has 194 valence electrons. The third-order valence-corrected chi connectivity index (χ3v) is 8.01. The van der Waals surface area contributed by atoms with Gasteiger partial charge < -0.3 is 23.9 Å². The van der Waals surface area contributed by atoms with Gasteiger partial charge in [-0.2, -0.15) is 11.8 Å². The van der Waals surface area contributed by atoms with Crippen molar-refractivity contribution >= 4 is 45.0 Å². The summed E-state index contributed by atoms with van der Waals surface area (Å²) in [5.41, 5.74) is 0.127. The molecule has 1 aromatic heterocycles. The van der Waals surface area contributed by atoms with E-state index in [0.717, 1.165) is 10.1 Å². The Hall–Kier alpha value is -3.02. The monoisotopic (exact) mass is 554 g/mol. The van der Waals surface area contributed by atoms with Crippen molar-refractivity contribution in [3.63, 3.8) is 0 Å². The number of ether oxygens (including phenoxy) is 3. The molecule has 0 saturated heterocycles. The molecule has 0 bridgehead atoms. The molecule has 0 unspecified atom stereocenters. The van der Waals surface area contributed by atoms with Gasteiger partial charge in [0, 0.05) is 23.4 Å². The van der Waals surface area contributed by atoms with Crippen LogP contribution in [0.5, 0.6) is 17.2 Å². The van der Waals surface area contributed by atoms with Gasteiger partial charge in [-0.25, -0.2) is 8.42 Å². The molecule has 0 atom stereocenters. The topological polar surface area (TPSA) is 107 Å². The standard InChI is InChI=1S/C24H27ClN2O7S2/c1-31-21-8-6-17(25)13-20(21)27(15-24(28)26-10-12-35-16-18-5-4-11-34-18)36(29,30)19-7-9-22(32-2)23(14-19)33-3/h4-9,11,13-14H,10,12,15-16H2,1-3H3,(H,26,28). The molecule has 9 nitrogen and oxygen atoms in total. The molecule has 0 spiro atoms. The van der Waals surface area contributed by atoms with Crippen LogP contribution in [0.25, 0.3) is 0 Å². The van der Waals surface area contributed by atoms with Crippen molar-refractivity contribution in [1.82, 2.24) is 5.32 Å². The summed E-state index contributed by atoms with van der Waals surface area (Å²) in [7, 11) is 0.0236. The van der Waals surface area contributed by atoms with Crippen LogP contribution in [0.2, 0.25) is 5.02 Å². The van der Waals surface area contributed by atoms with Crippen LogP contribution in [-0.2, 0) is 20.6 Å². The van der Waals surface area contributed by atoms with Gasteiger partial charge >= 0.3 is 0 Å². The van der Waals surface area contributed by atoms with Gasteiger partial charge in [-0.15, -0.1) is 0 Å². The summed E-state index contributed by atoms with van der Waals surface area (Å²) in [5, 5.41) is 3.05. The Kier molecular flexibility index (Phi) is 9.80. The van der Waals surface area contributed by atoms with Gasteiger partial charge in [0.25, 0.3) is 10.0 Å². The minimum Gasteiger partial charge on any atom is -0.495 e. The first-order valence-corrected chi connectivity index (χ1v) is 13.7. The smallest absolute Gasteiger partial charge is 0.265 e. The van der Waals surface area contributed by atoms with Crippen LogP contribution in [0.15, 0.2) is 64.1 Å². The van der Waals surface area contributed by atoms with Gasteiger partial charge in [0.2, 0.25) is 5.91 Å². The maximum absolute atomic E-state index is 13.8. The highest BCUT2D eigenvalue weighted by Gasteiger charge is 2.30. The van der Waals surface area contributed by atoms with E-state index in [1.807, 2.05) is 12.1 Å². The van der Waals surface area contributed by atoms with Crippen molar-refractivity contribution in [2.24, 2.45) is 0 Å². The highest BCUT2D eigenvalue weighted by Crippen LogP contribution is 2.36. The van der Waals surface area contributed by atoms with E-state index in [0.29, 0.717) is 23.8 Å². The highest BCUT2D eigenvalue weighted by atomic mass is 35.5. The zero-order valence-corrected chi connectivity index (χ0v) is 22.4. The van der Waals surface area contributed by atoms with E-state index in [1.165, 1.54) is 51.7 Å². The number of carbonyl (C=O) groups is 1. The van der Waals surface area contributed by atoms with Crippen LogP contribution in [-0.4, -0.2) is 54.5 Å². The van der Waals surface area contributed by atoms with Crippen LogP contribution in [0.3, 0.4) is 0 Å². The summed E-state index contributed by atoms with van der Waals surface area (Å²) < 4.78 is 49.6. The third-order valence-electron chi connectivity index (χ3n) is 5.03. The molecular weight excluding hydrogens is 528 g/mol. The minimum atomic E-state index is -4.24. The summed E-state index contributed by atoms with van der Waals surface area (Å²) in [4.78, 5) is 12.7. The van der Waals surface area contributed by atoms with Crippen molar-refractivity contribution < 1.29 is 31.8 Å². The lowest BCUT2D eigenvalue weighted by Crippen LogP contribution is -2.41. The Morgan fingerprint density at radius 3 is 2.42 bits per heavy atom. The Morgan fingerprint density at radius 2 is 1.75 bits per heavy atom. The molecule has 0 radical (unpaired) electrons. The summed E-state index contributed by atoms with van der Waals surface area (Å²) in [6.07, 6.45) is 1.61. The number of hydrogen-bond acceptors (Lipinski definition) is 8. The van der Waals surface area contributed by atoms with Crippen molar-refractivity contribution in [1.29, 1.82) is 0 Å². The van der Waals surface area contributed by atoms with E-state index >= 15 is 0 Å². The number of methoxy groups -OCH3 is 3. The largest absolute Gasteiger partial charge is 0.495 e. The van der Waals surface area contributed by atoms with E-state index in [1.54, 1.807) is 24.1 Å². The molecule has 1 N–H and O–H groups in total. The predicted molar refractivity (Wildman–Crippen MR) is 140 cm³/mol. The van der Waals surface area contributed by atoms with Gasteiger partial charge in [0.15, 0.2) is 11.5 Å². The second kappa shape index (κ2) is 12.8. The van der Waals surface area contributed by atoms with Gasteiger partial charge in [0.05, 0.1) is 43.9 Å². The maximum Gasteiger partial charge on any atom is 0.265 e. The number of benzene rings is 2. The number of sulfonamides is 1. The number of nitrogens with one attached hydrogen (secondary N) is 1. The molecule has 0 aliphatic heterocycles. The number of thioether (sulfide) groups is 1. The molecule has 36 heavy (non-hydrogen) atoms. The van der Waals surface area contributed by atoms with Crippen molar-refractivity contribution in [2.75, 3.05) is 44.5 Å². The van der Waals surface area contributed by atoms with E-state index < -0.39 is 22.5 Å². The van der Waals surface area contributed by atoms with Crippen LogP contribution < -0.4 is 23.8 Å². The lowest BCUT2D eigenvalue weighted by molar-refractivity contribution is -0.119. The molecule has 0 saturated carbocycles. The average molecular weight is 555 g/mol. The van der Waals surface area contributed by atoms with Crippen LogP contribution in [0, 0.1) is 0 Å². The fourth-order valence-corrected chi connectivity index (χ4v) is 5.64. The SMILES string of the molecule is COc1ccc(S(=O)(=O)N(CC(=O)NCCSCc2ccco2)c2cc(Cl)ccc2OC)cc1OC. The second-order valence-electron chi connectivity index (χ2n) is 7.33. The van der Waals surface area contributed by atoms with Crippen molar-refractivity contribution in [3.8, 4) is 17.2 Å². The molecule has 3 rings (SSSR count). The molecule has 12 heteroatoms. The number of furan rings is 1. The van der Waals surface area contributed by atoms with E-state index in [9.17, 15) is 13.2 Å². The quantitative estimate of drug-likeness (QED) is 0.313. The summed E-state index contributed by atoms with van der Waals surface area (Å²) >= 11 is 7.76. The number of rotatable bonds is 13. The predicted octanol–water partition coefficient (Wildman–Crippen LogP) is 4.20. The highest BCUT2D eigenvalue weighted by molar-refractivity contribution is 7.98. The first-order valence-electron chi connectivity index (χ1n) is 10.7. The van der Waals surface area contributed by atoms with Crippen LogP contribution in [0.4, 0.5) is 5.69 Å². The number of nitrogens with zero attached hydrogens (tertiary/aromatic N) is 1. The Balaban J connectivity index is 1.83. The zero-order chi connectivity index (χ0) is 26.1. The van der Waals surface area contributed by atoms with E-state index in [2.05, 4.69) is 5.32 Å². The number of amides is 1. The molecule has 0 aliphatic rings. The van der Waals surface area contributed by atoms with Gasteiger partial charge in [-0.3, -0.25) is 9.10 Å². The molecule has 0 aliphatic carbocycles. The Morgan fingerprint density at radius 1 is 1.03 bits per heavy atom. The van der Waals surface area contributed by atoms with Gasteiger partial charge in [-0.1, -0.05) is 11.6 Å². The van der Waals surface area contributed by atoms with Crippen molar-refractivity contribution in [3.05, 3.63) is 65.6 Å². The number of halogens is 1. The molecule has 2 aromatic carbocycles. The fourth-order valence-electron chi connectivity index (χ4n) is 3.28. The molecule has 1 heterocycles. The first-order chi connectivity index (χ1) is 17.3. The number of carbonyl (C=O) groups excluding carboxylic acids is 1. The Bertz CT molecular complexity index is 1270. The maximum atomic E-state index is 13.8. The second-order valence-corrected chi connectivity index (χ2v) is 10.7. The molecule has 0 fully saturated rings. The molecular formula is C24H27ClN2O7S2. The van der Waals surface area contributed by atoms with Gasteiger partial charge in [0.1, 0.15) is 18.1 Å². The summed E-state index contributed by atoms with van der Waals surface area (Å²) in [6, 6.07) is 12.4. The first kappa shape index (κ1) is 27.6. The normalized spacial score (nSPS) is 11.1. The summed E-state index contributed by atoms with van der Waals surface area (Å²) in [6.45, 7) is -0.142. The number of anilines is 1. The molecule has 3 aromatic rings. The lowest BCUT2D eigenvalue weighted by atomic mass is 10.3.